The smallest absolute Gasteiger partial charge is 0.330 e. The van der Waals surface area contributed by atoms with E-state index in [2.05, 4.69) is 0 Å². The van der Waals surface area contributed by atoms with Gasteiger partial charge in [-0.15, -0.1) is 0 Å². The largest absolute Gasteiger partial charge is 0.427 e. The van der Waals surface area contributed by atoms with Crippen molar-refractivity contribution in [3.05, 3.63) is 29.8 Å². The van der Waals surface area contributed by atoms with E-state index >= 15 is 0 Å². The molecule has 0 spiro atoms. The second-order valence-corrected chi connectivity index (χ2v) is 6.40. The van der Waals surface area contributed by atoms with Crippen LogP contribution in [0.2, 0.25) is 0 Å². The van der Waals surface area contributed by atoms with Crippen molar-refractivity contribution in [2.24, 2.45) is 0 Å². The Kier molecular flexibility index (Phi) is 6.21. The summed E-state index contributed by atoms with van der Waals surface area (Å²) < 4.78 is 5.70. The van der Waals surface area contributed by atoms with Crippen molar-refractivity contribution in [3.63, 3.8) is 0 Å². The van der Waals surface area contributed by atoms with E-state index in [4.69, 9.17) is 4.65 Å². The van der Waals surface area contributed by atoms with E-state index in [1.54, 1.807) is 38.4 Å². The van der Waals surface area contributed by atoms with Crippen molar-refractivity contribution < 1.29 is 14.6 Å². The van der Waals surface area contributed by atoms with Crippen molar-refractivity contribution in [1.82, 2.24) is 4.90 Å². The molecular weight excluding hydrogens is 277 g/mol. The lowest BCUT2D eigenvalue weighted by Crippen LogP contribution is -2.49. The Morgan fingerprint density at radius 2 is 1.64 bits per heavy atom. The molecule has 0 atom stereocenters. The predicted molar refractivity (Wildman–Crippen MR) is 90.5 cm³/mol. The van der Waals surface area contributed by atoms with Gasteiger partial charge in [-0.25, -0.2) is 0 Å². The lowest BCUT2D eigenvalue weighted by molar-refractivity contribution is -0.0893. The quantitative estimate of drug-likeness (QED) is 0.784. The average Bonchev–Trinajstić information content (AvgIpc) is 2.45. The van der Waals surface area contributed by atoms with Gasteiger partial charge in [0.05, 0.1) is 11.2 Å². The highest BCUT2D eigenvalue weighted by molar-refractivity contribution is 6.47. The Labute approximate surface area is 134 Å². The van der Waals surface area contributed by atoms with Crippen LogP contribution in [0.5, 0.6) is 0 Å². The van der Waals surface area contributed by atoms with Crippen molar-refractivity contribution in [3.8, 4) is 0 Å². The van der Waals surface area contributed by atoms with Gasteiger partial charge in [-0.1, -0.05) is 17.6 Å². The van der Waals surface area contributed by atoms with E-state index in [-0.39, 0.29) is 5.91 Å². The van der Waals surface area contributed by atoms with E-state index in [1.165, 1.54) is 0 Å². The number of benzene rings is 1. The maximum absolute atomic E-state index is 12.2. The maximum Gasteiger partial charge on any atom is 0.330 e. The van der Waals surface area contributed by atoms with Crippen LogP contribution in [-0.2, 0) is 4.65 Å². The number of rotatable bonds is 7. The summed E-state index contributed by atoms with van der Waals surface area (Å²) in [6.45, 7) is 12.4. The normalized spacial score (nSPS) is 12.1. The molecule has 1 aromatic carbocycles. The molecule has 0 aliphatic carbocycles. The van der Waals surface area contributed by atoms with Crippen LogP contribution in [0.4, 0.5) is 0 Å². The van der Waals surface area contributed by atoms with Crippen LogP contribution in [0.15, 0.2) is 24.3 Å². The molecule has 0 heterocycles. The van der Waals surface area contributed by atoms with Gasteiger partial charge in [0.15, 0.2) is 0 Å². The van der Waals surface area contributed by atoms with Gasteiger partial charge in [0, 0.05) is 18.7 Å². The van der Waals surface area contributed by atoms with E-state index in [0.717, 1.165) is 5.46 Å². The molecule has 0 fully saturated rings. The molecule has 4 nitrogen and oxygen atoms in total. The van der Waals surface area contributed by atoms with E-state index in [9.17, 15) is 9.90 Å². The van der Waals surface area contributed by atoms with Crippen LogP contribution in [-0.4, -0.2) is 47.7 Å². The molecule has 0 aliphatic heterocycles. The molecule has 0 aliphatic rings. The molecule has 1 radical (unpaired) electrons. The molecule has 22 heavy (non-hydrogen) atoms. The Morgan fingerprint density at radius 1 is 1.14 bits per heavy atom. The second kappa shape index (κ2) is 7.29. The zero-order valence-corrected chi connectivity index (χ0v) is 14.5. The number of carbonyl (C=O) groups is 1. The monoisotopic (exact) mass is 304 g/mol. The standard InChI is InChI=1S/C17H27BNO3/c1-7-19(8-2)15(20)13-9-11-14(12-10-13)18-22-17(5,6)16(3,4)21/h9-12,21H,7-8H2,1-6H3. The van der Waals surface area contributed by atoms with Crippen LogP contribution >= 0.6 is 0 Å². The summed E-state index contributed by atoms with van der Waals surface area (Å²) in [5, 5.41) is 10.1. The van der Waals surface area contributed by atoms with Crippen LogP contribution < -0.4 is 5.46 Å². The van der Waals surface area contributed by atoms with Gasteiger partial charge < -0.3 is 14.7 Å². The van der Waals surface area contributed by atoms with E-state index in [1.807, 2.05) is 39.8 Å². The molecule has 1 amide bonds. The predicted octanol–water partition coefficient (Wildman–Crippen LogP) is 1.98. The Morgan fingerprint density at radius 3 is 2.05 bits per heavy atom. The minimum Gasteiger partial charge on any atom is -0.427 e. The third-order valence-corrected chi connectivity index (χ3v) is 4.17. The fraction of sp³-hybridized carbons (Fsp3) is 0.588. The third-order valence-electron chi connectivity index (χ3n) is 4.17. The molecule has 1 aromatic rings. The Bertz CT molecular complexity index is 488. The van der Waals surface area contributed by atoms with Gasteiger partial charge in [-0.3, -0.25) is 4.79 Å². The fourth-order valence-electron chi connectivity index (χ4n) is 1.76. The molecule has 1 rings (SSSR count). The lowest BCUT2D eigenvalue weighted by atomic mass is 9.82. The minimum atomic E-state index is -0.956. The molecule has 0 aromatic heterocycles. The zero-order valence-electron chi connectivity index (χ0n) is 14.5. The van der Waals surface area contributed by atoms with Crippen molar-refractivity contribution in [2.75, 3.05) is 13.1 Å². The molecule has 0 bridgehead atoms. The number of hydrogen-bond donors (Lipinski definition) is 1. The molecule has 121 valence electrons. The van der Waals surface area contributed by atoms with Crippen LogP contribution in [0.25, 0.3) is 0 Å². The number of aliphatic hydroxyl groups is 1. The summed E-state index contributed by atoms with van der Waals surface area (Å²) in [7, 11) is 1.61. The minimum absolute atomic E-state index is 0.0364. The number of amides is 1. The van der Waals surface area contributed by atoms with Gasteiger partial charge >= 0.3 is 7.48 Å². The number of hydrogen-bond acceptors (Lipinski definition) is 3. The van der Waals surface area contributed by atoms with Gasteiger partial charge in [-0.2, -0.15) is 0 Å². The maximum atomic E-state index is 12.2. The molecule has 5 heteroatoms. The first-order valence-electron chi connectivity index (χ1n) is 7.75. The molecular formula is C17H27BNO3. The molecule has 0 saturated heterocycles. The summed E-state index contributed by atoms with van der Waals surface area (Å²) in [6, 6.07) is 7.29. The second-order valence-electron chi connectivity index (χ2n) is 6.40. The van der Waals surface area contributed by atoms with Gasteiger partial charge in [0.1, 0.15) is 0 Å². The first kappa shape index (κ1) is 18.7. The highest BCUT2D eigenvalue weighted by Gasteiger charge is 2.35. The van der Waals surface area contributed by atoms with Gasteiger partial charge in [-0.05, 0) is 53.7 Å². The van der Waals surface area contributed by atoms with Crippen molar-refractivity contribution in [2.45, 2.75) is 52.7 Å². The van der Waals surface area contributed by atoms with Crippen LogP contribution in [0.3, 0.4) is 0 Å². The summed E-state index contributed by atoms with van der Waals surface area (Å²) in [5.41, 5.74) is -0.138. The van der Waals surface area contributed by atoms with Crippen LogP contribution in [0, 0.1) is 0 Å². The average molecular weight is 304 g/mol. The summed E-state index contributed by atoms with van der Waals surface area (Å²) >= 11 is 0. The Hall–Kier alpha value is -1.33. The fourth-order valence-corrected chi connectivity index (χ4v) is 1.76. The topological polar surface area (TPSA) is 49.8 Å². The third kappa shape index (κ3) is 4.58. The zero-order chi connectivity index (χ0) is 17.0. The highest BCUT2D eigenvalue weighted by atomic mass is 16.5. The van der Waals surface area contributed by atoms with E-state index in [0.29, 0.717) is 18.7 Å². The SMILES string of the molecule is CCN(CC)C(=O)c1ccc([B]OC(C)(C)C(C)(C)O)cc1. The van der Waals surface area contributed by atoms with Crippen molar-refractivity contribution in [1.29, 1.82) is 0 Å². The van der Waals surface area contributed by atoms with Crippen molar-refractivity contribution >= 4 is 18.9 Å². The Balaban J connectivity index is 2.72. The summed E-state index contributed by atoms with van der Waals surface area (Å²) in [6.07, 6.45) is 0. The first-order valence-corrected chi connectivity index (χ1v) is 7.75. The molecule has 0 unspecified atom stereocenters. The molecule has 1 N–H and O–H groups in total. The summed E-state index contributed by atoms with van der Waals surface area (Å²) in [4.78, 5) is 14.0. The number of carbonyl (C=O) groups excluding carboxylic acids is 1. The van der Waals surface area contributed by atoms with Crippen LogP contribution in [0.1, 0.15) is 51.9 Å². The van der Waals surface area contributed by atoms with Gasteiger partial charge in [0.2, 0.25) is 0 Å². The van der Waals surface area contributed by atoms with E-state index < -0.39 is 11.2 Å². The first-order chi connectivity index (χ1) is 10.1. The lowest BCUT2D eigenvalue weighted by Gasteiger charge is -2.37. The van der Waals surface area contributed by atoms with Gasteiger partial charge in [0.25, 0.3) is 5.91 Å². The number of nitrogens with zero attached hydrogens (tertiary/aromatic N) is 1. The summed E-state index contributed by atoms with van der Waals surface area (Å²) in [5.74, 6) is 0.0364. The highest BCUT2D eigenvalue weighted by Crippen LogP contribution is 2.24. The molecule has 0 saturated carbocycles.